The van der Waals surface area contributed by atoms with Crippen LogP contribution in [0.4, 0.5) is 18.9 Å². The molecule has 0 saturated heterocycles. The first-order valence-corrected chi connectivity index (χ1v) is 8.39. The van der Waals surface area contributed by atoms with Crippen LogP contribution >= 0.6 is 0 Å². The van der Waals surface area contributed by atoms with Crippen molar-refractivity contribution in [1.29, 1.82) is 0 Å². The van der Waals surface area contributed by atoms with Gasteiger partial charge in [-0.1, -0.05) is 12.1 Å². The molecular weight excluding hydrogens is 303 g/mol. The number of hydrogen-bond acceptors (Lipinski definition) is 3. The molecule has 0 atom stereocenters. The summed E-state index contributed by atoms with van der Waals surface area (Å²) in [6.45, 7) is 0.544. The van der Waals surface area contributed by atoms with Gasteiger partial charge in [-0.2, -0.15) is 13.2 Å². The summed E-state index contributed by atoms with van der Waals surface area (Å²) >= 11 is 0. The van der Waals surface area contributed by atoms with Gasteiger partial charge in [-0.15, -0.1) is 0 Å². The molecule has 2 aliphatic rings. The number of hydrogen-bond donors (Lipinski definition) is 1. The van der Waals surface area contributed by atoms with Crippen LogP contribution in [-0.2, 0) is 9.84 Å². The summed E-state index contributed by atoms with van der Waals surface area (Å²) in [5, 5.41) is 2.94. The van der Waals surface area contributed by atoms with Crippen molar-refractivity contribution in [1.82, 2.24) is 0 Å². The first-order chi connectivity index (χ1) is 9.76. The topological polar surface area (TPSA) is 46.2 Å². The van der Waals surface area contributed by atoms with Crippen LogP contribution < -0.4 is 5.32 Å². The number of sulfone groups is 1. The number of para-hydroxylation sites is 1. The summed E-state index contributed by atoms with van der Waals surface area (Å²) in [5.41, 5.74) is -5.06. The van der Waals surface area contributed by atoms with Gasteiger partial charge >= 0.3 is 5.51 Å². The Morgan fingerprint density at radius 2 is 1.81 bits per heavy atom. The minimum atomic E-state index is -5.32. The Hall–Kier alpha value is -1.24. The Labute approximate surface area is 121 Å². The average Bonchev–Trinajstić information content (AvgIpc) is 3.26. The molecule has 2 saturated carbocycles. The van der Waals surface area contributed by atoms with Crippen molar-refractivity contribution in [2.45, 2.75) is 36.1 Å². The lowest BCUT2D eigenvalue weighted by Gasteiger charge is -2.18. The molecule has 2 aliphatic carbocycles. The van der Waals surface area contributed by atoms with Gasteiger partial charge in [0.05, 0.1) is 10.6 Å². The van der Waals surface area contributed by atoms with E-state index in [2.05, 4.69) is 5.32 Å². The van der Waals surface area contributed by atoms with Gasteiger partial charge in [0.15, 0.2) is 0 Å². The summed E-state index contributed by atoms with van der Waals surface area (Å²) in [7, 11) is -5.32. The van der Waals surface area contributed by atoms with E-state index in [9.17, 15) is 21.6 Å². The molecule has 0 heterocycles. The maximum absolute atomic E-state index is 12.7. The van der Waals surface area contributed by atoms with Crippen molar-refractivity contribution in [3.05, 3.63) is 24.3 Å². The molecule has 3 nitrogen and oxygen atoms in total. The van der Waals surface area contributed by atoms with Crippen LogP contribution in [0.5, 0.6) is 0 Å². The van der Waals surface area contributed by atoms with Gasteiger partial charge in [0.25, 0.3) is 9.84 Å². The third-order valence-corrected chi connectivity index (χ3v) is 5.99. The average molecular weight is 319 g/mol. The number of alkyl halides is 3. The van der Waals surface area contributed by atoms with E-state index in [1.54, 1.807) is 0 Å². The van der Waals surface area contributed by atoms with E-state index in [1.165, 1.54) is 31.0 Å². The highest BCUT2D eigenvalue weighted by molar-refractivity contribution is 7.92. The predicted molar refractivity (Wildman–Crippen MR) is 72.6 cm³/mol. The molecule has 1 N–H and O–H groups in total. The Morgan fingerprint density at radius 3 is 2.33 bits per heavy atom. The van der Waals surface area contributed by atoms with Crippen LogP contribution in [0.15, 0.2) is 29.2 Å². The van der Waals surface area contributed by atoms with Gasteiger partial charge in [0, 0.05) is 6.54 Å². The van der Waals surface area contributed by atoms with Gasteiger partial charge < -0.3 is 5.32 Å². The molecule has 0 amide bonds. The number of benzene rings is 1. The molecule has 0 unspecified atom stereocenters. The molecule has 7 heteroatoms. The van der Waals surface area contributed by atoms with E-state index in [-0.39, 0.29) is 11.1 Å². The molecule has 1 aromatic rings. The van der Waals surface area contributed by atoms with Crippen molar-refractivity contribution in [2.24, 2.45) is 11.3 Å². The fraction of sp³-hybridized carbons (Fsp3) is 0.571. The van der Waals surface area contributed by atoms with E-state index in [4.69, 9.17) is 0 Å². The normalized spacial score (nSPS) is 21.1. The van der Waals surface area contributed by atoms with Gasteiger partial charge in [-0.3, -0.25) is 0 Å². The number of rotatable bonds is 5. The summed E-state index contributed by atoms with van der Waals surface area (Å²) in [6, 6.07) is 5.23. The van der Waals surface area contributed by atoms with Crippen LogP contribution in [0.2, 0.25) is 0 Å². The van der Waals surface area contributed by atoms with E-state index >= 15 is 0 Å². The molecule has 21 heavy (non-hydrogen) atoms. The molecule has 0 aliphatic heterocycles. The van der Waals surface area contributed by atoms with Crippen LogP contribution in [-0.4, -0.2) is 20.5 Å². The van der Waals surface area contributed by atoms with Crippen molar-refractivity contribution in [3.8, 4) is 0 Å². The number of nitrogens with one attached hydrogen (secondary N) is 1. The molecule has 0 spiro atoms. The molecule has 0 bridgehead atoms. The quantitative estimate of drug-likeness (QED) is 0.902. The highest BCUT2D eigenvalue weighted by Crippen LogP contribution is 2.61. The lowest BCUT2D eigenvalue weighted by molar-refractivity contribution is -0.0435. The maximum atomic E-state index is 12.7. The maximum Gasteiger partial charge on any atom is 0.501 e. The van der Waals surface area contributed by atoms with Gasteiger partial charge in [-0.25, -0.2) is 8.42 Å². The van der Waals surface area contributed by atoms with Gasteiger partial charge in [0.2, 0.25) is 0 Å². The SMILES string of the molecule is O=S(=O)(c1ccccc1NCC1(C2CC2)CC1)C(F)(F)F. The summed E-state index contributed by atoms with van der Waals surface area (Å²) < 4.78 is 61.3. The summed E-state index contributed by atoms with van der Waals surface area (Å²) in [6.07, 6.45) is 4.48. The smallest absolute Gasteiger partial charge is 0.383 e. The Kier molecular flexibility index (Phi) is 3.24. The van der Waals surface area contributed by atoms with E-state index in [0.717, 1.165) is 18.9 Å². The summed E-state index contributed by atoms with van der Waals surface area (Å²) in [4.78, 5) is -0.691. The zero-order valence-electron chi connectivity index (χ0n) is 11.3. The highest BCUT2D eigenvalue weighted by atomic mass is 32.2. The van der Waals surface area contributed by atoms with Crippen molar-refractivity contribution < 1.29 is 21.6 Å². The first kappa shape index (κ1) is 14.7. The fourth-order valence-corrected chi connectivity index (χ4v) is 3.77. The molecule has 0 aromatic heterocycles. The molecule has 116 valence electrons. The fourth-order valence-electron chi connectivity index (χ4n) is 2.83. The van der Waals surface area contributed by atoms with Crippen molar-refractivity contribution in [2.75, 3.05) is 11.9 Å². The number of halogens is 3. The zero-order valence-corrected chi connectivity index (χ0v) is 12.1. The monoisotopic (exact) mass is 319 g/mol. The van der Waals surface area contributed by atoms with Crippen molar-refractivity contribution in [3.63, 3.8) is 0 Å². The van der Waals surface area contributed by atoms with Crippen LogP contribution in [0, 0.1) is 11.3 Å². The minimum Gasteiger partial charge on any atom is -0.383 e. The third kappa shape index (κ3) is 2.63. The third-order valence-electron chi connectivity index (χ3n) is 4.45. The van der Waals surface area contributed by atoms with E-state index in [1.807, 2.05) is 0 Å². The summed E-state index contributed by atoms with van der Waals surface area (Å²) in [5.74, 6) is 0.649. The van der Waals surface area contributed by atoms with Crippen LogP contribution in [0.1, 0.15) is 25.7 Å². The first-order valence-electron chi connectivity index (χ1n) is 6.91. The highest BCUT2D eigenvalue weighted by Gasteiger charge is 2.53. The second-order valence-electron chi connectivity index (χ2n) is 5.94. The zero-order chi connectivity index (χ0) is 15.3. The standard InChI is InChI=1S/C14H16F3NO2S/c15-14(16,17)21(19,20)12-4-2-1-3-11(12)18-9-13(7-8-13)10-5-6-10/h1-4,10,18H,5-9H2. The predicted octanol–water partition coefficient (Wildman–Crippen LogP) is 3.58. The second kappa shape index (κ2) is 4.63. The molecular formula is C14H16F3NO2S. The molecule has 3 rings (SSSR count). The lowest BCUT2D eigenvalue weighted by atomic mass is 10.0. The lowest BCUT2D eigenvalue weighted by Crippen LogP contribution is -2.25. The number of anilines is 1. The van der Waals surface area contributed by atoms with E-state index < -0.39 is 20.2 Å². The molecule has 2 fully saturated rings. The van der Waals surface area contributed by atoms with Crippen molar-refractivity contribution >= 4 is 15.5 Å². The van der Waals surface area contributed by atoms with Gasteiger partial charge in [0.1, 0.15) is 0 Å². The van der Waals surface area contributed by atoms with Gasteiger partial charge in [-0.05, 0) is 49.1 Å². The molecule has 1 aromatic carbocycles. The minimum absolute atomic E-state index is 0.0433. The largest absolute Gasteiger partial charge is 0.501 e. The Morgan fingerprint density at radius 1 is 1.19 bits per heavy atom. The Balaban J connectivity index is 1.83. The van der Waals surface area contributed by atoms with Crippen LogP contribution in [0.25, 0.3) is 0 Å². The second-order valence-corrected chi connectivity index (χ2v) is 7.85. The molecule has 0 radical (unpaired) electrons. The van der Waals surface area contributed by atoms with E-state index in [0.29, 0.717) is 12.5 Å². The van der Waals surface area contributed by atoms with Crippen LogP contribution in [0.3, 0.4) is 0 Å². The Bertz CT molecular complexity index is 646.